The Labute approximate surface area is 82.3 Å². The van der Waals surface area contributed by atoms with Crippen molar-refractivity contribution in [3.8, 4) is 0 Å². The van der Waals surface area contributed by atoms with Gasteiger partial charge in [-0.2, -0.15) is 11.8 Å². The molecule has 12 heavy (non-hydrogen) atoms. The van der Waals surface area contributed by atoms with Gasteiger partial charge in [0.1, 0.15) is 0 Å². The largest absolute Gasteiger partial charge is 0.481 e. The van der Waals surface area contributed by atoms with Crippen LogP contribution in [0.25, 0.3) is 0 Å². The van der Waals surface area contributed by atoms with Gasteiger partial charge in [0.15, 0.2) is 5.90 Å². The molecule has 0 bridgehead atoms. The lowest BCUT2D eigenvalue weighted by Gasteiger charge is -2.27. The van der Waals surface area contributed by atoms with Crippen LogP contribution >= 0.6 is 23.5 Å². The standard InChI is InChI=1S/C8H15NOS2/c1-3-10-8(9)7-6(2)11-4-5-12-7/h6-7,9H,3-5H2,1-2H3. The van der Waals surface area contributed by atoms with Crippen LogP contribution in [0.1, 0.15) is 13.8 Å². The summed E-state index contributed by atoms with van der Waals surface area (Å²) < 4.78 is 5.20. The first-order valence-electron chi connectivity index (χ1n) is 4.20. The number of ether oxygens (including phenoxy) is 1. The summed E-state index contributed by atoms with van der Waals surface area (Å²) in [7, 11) is 0. The van der Waals surface area contributed by atoms with Gasteiger partial charge in [-0.25, -0.2) is 0 Å². The van der Waals surface area contributed by atoms with Gasteiger partial charge in [-0.15, -0.1) is 11.8 Å². The molecule has 2 nitrogen and oxygen atoms in total. The summed E-state index contributed by atoms with van der Waals surface area (Å²) in [6.45, 7) is 4.72. The molecular weight excluding hydrogens is 190 g/mol. The Kier molecular flexibility index (Phi) is 4.29. The lowest BCUT2D eigenvalue weighted by molar-refractivity contribution is 0.315. The monoisotopic (exact) mass is 205 g/mol. The number of thioether (sulfide) groups is 2. The number of nitrogens with one attached hydrogen (secondary N) is 1. The molecule has 1 heterocycles. The van der Waals surface area contributed by atoms with Crippen molar-refractivity contribution in [2.45, 2.75) is 24.3 Å². The fourth-order valence-corrected chi connectivity index (χ4v) is 3.81. The zero-order valence-electron chi connectivity index (χ0n) is 7.50. The molecule has 1 saturated heterocycles. The Bertz CT molecular complexity index is 163. The van der Waals surface area contributed by atoms with E-state index in [1.54, 1.807) is 0 Å². The summed E-state index contributed by atoms with van der Waals surface area (Å²) in [4.78, 5) is 0. The van der Waals surface area contributed by atoms with Crippen LogP contribution in [0.5, 0.6) is 0 Å². The quantitative estimate of drug-likeness (QED) is 0.554. The lowest BCUT2D eigenvalue weighted by atomic mass is 10.3. The molecule has 0 saturated carbocycles. The molecule has 1 rings (SSSR count). The molecule has 1 aliphatic heterocycles. The average Bonchev–Trinajstić information content (AvgIpc) is 2.05. The first-order chi connectivity index (χ1) is 5.75. The van der Waals surface area contributed by atoms with Gasteiger partial charge in [0.25, 0.3) is 0 Å². The molecule has 0 radical (unpaired) electrons. The van der Waals surface area contributed by atoms with Gasteiger partial charge in [0.05, 0.1) is 11.9 Å². The maximum absolute atomic E-state index is 7.66. The highest BCUT2D eigenvalue weighted by atomic mass is 32.2. The van der Waals surface area contributed by atoms with E-state index in [-0.39, 0.29) is 5.25 Å². The molecule has 0 aliphatic carbocycles. The van der Waals surface area contributed by atoms with Crippen LogP contribution in [-0.4, -0.2) is 34.5 Å². The Morgan fingerprint density at radius 1 is 1.50 bits per heavy atom. The summed E-state index contributed by atoms with van der Waals surface area (Å²) in [5.41, 5.74) is 0. The lowest BCUT2D eigenvalue weighted by Crippen LogP contribution is -2.32. The van der Waals surface area contributed by atoms with E-state index in [1.807, 2.05) is 30.4 Å². The fourth-order valence-electron chi connectivity index (χ4n) is 1.16. The summed E-state index contributed by atoms with van der Waals surface area (Å²) in [6, 6.07) is 0. The van der Waals surface area contributed by atoms with Crippen LogP contribution < -0.4 is 0 Å². The molecule has 1 N–H and O–H groups in total. The second-order valence-electron chi connectivity index (χ2n) is 2.66. The fraction of sp³-hybridized carbons (Fsp3) is 0.875. The van der Waals surface area contributed by atoms with Crippen LogP contribution in [0.4, 0.5) is 0 Å². The summed E-state index contributed by atoms with van der Waals surface area (Å²) in [5.74, 6) is 2.82. The van der Waals surface area contributed by atoms with Gasteiger partial charge in [-0.3, -0.25) is 5.41 Å². The maximum atomic E-state index is 7.66. The maximum Gasteiger partial charge on any atom is 0.194 e. The van der Waals surface area contributed by atoms with Crippen LogP contribution in [0.3, 0.4) is 0 Å². The van der Waals surface area contributed by atoms with Crippen molar-refractivity contribution in [3.63, 3.8) is 0 Å². The highest BCUT2D eigenvalue weighted by Gasteiger charge is 2.27. The molecular formula is C8H15NOS2. The van der Waals surface area contributed by atoms with Crippen molar-refractivity contribution in [2.24, 2.45) is 0 Å². The van der Waals surface area contributed by atoms with E-state index < -0.39 is 0 Å². The molecule has 70 valence electrons. The van der Waals surface area contributed by atoms with Gasteiger partial charge in [0.2, 0.25) is 0 Å². The van der Waals surface area contributed by atoms with Crippen molar-refractivity contribution in [1.29, 1.82) is 5.41 Å². The second kappa shape index (κ2) is 5.02. The van der Waals surface area contributed by atoms with Gasteiger partial charge in [-0.1, -0.05) is 6.92 Å². The van der Waals surface area contributed by atoms with Gasteiger partial charge in [-0.05, 0) is 6.92 Å². The highest BCUT2D eigenvalue weighted by molar-refractivity contribution is 8.07. The van der Waals surface area contributed by atoms with Crippen molar-refractivity contribution >= 4 is 29.4 Å². The van der Waals surface area contributed by atoms with Gasteiger partial charge < -0.3 is 4.74 Å². The Morgan fingerprint density at radius 2 is 2.17 bits per heavy atom. The SMILES string of the molecule is CCOC(=N)C1SCCSC1C. The molecule has 1 aliphatic rings. The third kappa shape index (κ3) is 2.59. The topological polar surface area (TPSA) is 33.1 Å². The Balaban J connectivity index is 2.42. The number of rotatable bonds is 2. The van der Waals surface area contributed by atoms with E-state index in [4.69, 9.17) is 10.1 Å². The van der Waals surface area contributed by atoms with E-state index in [1.165, 1.54) is 5.75 Å². The smallest absolute Gasteiger partial charge is 0.194 e. The minimum atomic E-state index is 0.281. The third-order valence-corrected chi connectivity index (χ3v) is 4.84. The van der Waals surface area contributed by atoms with Crippen LogP contribution in [0.2, 0.25) is 0 Å². The zero-order chi connectivity index (χ0) is 8.97. The normalized spacial score (nSPS) is 29.8. The summed E-state index contributed by atoms with van der Waals surface area (Å²) >= 11 is 3.79. The van der Waals surface area contributed by atoms with Gasteiger partial charge in [0, 0.05) is 16.8 Å². The third-order valence-electron chi connectivity index (χ3n) is 1.75. The molecule has 2 atom stereocenters. The molecule has 0 aromatic heterocycles. The van der Waals surface area contributed by atoms with E-state index in [0.29, 0.717) is 17.8 Å². The first-order valence-corrected chi connectivity index (χ1v) is 6.30. The predicted octanol–water partition coefficient (Wildman–Crippen LogP) is 2.24. The molecule has 4 heteroatoms. The molecule has 0 spiro atoms. The van der Waals surface area contributed by atoms with Crippen molar-refractivity contribution in [1.82, 2.24) is 0 Å². The van der Waals surface area contributed by atoms with E-state index >= 15 is 0 Å². The van der Waals surface area contributed by atoms with Crippen LogP contribution in [-0.2, 0) is 4.74 Å². The average molecular weight is 205 g/mol. The zero-order valence-corrected chi connectivity index (χ0v) is 9.13. The highest BCUT2D eigenvalue weighted by Crippen LogP contribution is 2.31. The minimum absolute atomic E-state index is 0.281. The van der Waals surface area contributed by atoms with Crippen molar-refractivity contribution < 1.29 is 4.74 Å². The molecule has 0 aromatic carbocycles. The summed E-state index contributed by atoms with van der Waals surface area (Å²) in [6.07, 6.45) is 0. The van der Waals surface area contributed by atoms with Crippen molar-refractivity contribution in [2.75, 3.05) is 18.1 Å². The molecule has 0 aromatic rings. The molecule has 2 unspecified atom stereocenters. The Hall–Kier alpha value is 0.170. The number of hydrogen-bond acceptors (Lipinski definition) is 4. The van der Waals surface area contributed by atoms with Crippen molar-refractivity contribution in [3.05, 3.63) is 0 Å². The molecule has 0 amide bonds. The number of hydrogen-bond donors (Lipinski definition) is 1. The van der Waals surface area contributed by atoms with E-state index in [0.717, 1.165) is 5.75 Å². The Morgan fingerprint density at radius 3 is 2.75 bits per heavy atom. The molecule has 1 fully saturated rings. The first kappa shape index (κ1) is 10.3. The summed E-state index contributed by atoms with van der Waals surface area (Å²) in [5, 5.41) is 8.47. The minimum Gasteiger partial charge on any atom is -0.481 e. The van der Waals surface area contributed by atoms with Gasteiger partial charge >= 0.3 is 0 Å². The van der Waals surface area contributed by atoms with Crippen LogP contribution in [0.15, 0.2) is 0 Å². The van der Waals surface area contributed by atoms with Crippen LogP contribution in [0, 0.1) is 5.41 Å². The predicted molar refractivity (Wildman–Crippen MR) is 57.5 cm³/mol. The van der Waals surface area contributed by atoms with E-state index in [9.17, 15) is 0 Å². The second-order valence-corrected chi connectivity index (χ2v) is 5.40. The van der Waals surface area contributed by atoms with E-state index in [2.05, 4.69) is 6.92 Å².